The molecule has 0 aliphatic heterocycles. The normalized spacial score (nSPS) is 12.2. The monoisotopic (exact) mass is 854 g/mol. The Labute approximate surface area is 357 Å². The second kappa shape index (κ2) is 16.1. The summed E-state index contributed by atoms with van der Waals surface area (Å²) in [6.45, 7) is 41.5. The van der Waals surface area contributed by atoms with Gasteiger partial charge in [-0.3, -0.25) is 0 Å². The molecule has 5 rings (SSSR count). The summed E-state index contributed by atoms with van der Waals surface area (Å²) >= 11 is 0. The third-order valence-corrected chi connectivity index (χ3v) is 14.0. The van der Waals surface area contributed by atoms with Crippen LogP contribution in [-0.2, 0) is 0 Å². The molecule has 0 aromatic heterocycles. The molecule has 0 amide bonds. The number of fused-ring (bicyclic) bond motifs is 4. The molecule has 0 atom stereocenters. The largest absolute Gasteiger partial charge is 0.129 e. The van der Waals surface area contributed by atoms with Gasteiger partial charge in [-0.1, -0.05) is 153 Å². The lowest BCUT2D eigenvalue weighted by Gasteiger charge is -2.16. The maximum absolute atomic E-state index is 3.81. The first-order valence-corrected chi connectivity index (χ1v) is 41.6. The molecule has 0 fully saturated rings. The van der Waals surface area contributed by atoms with Crippen molar-refractivity contribution in [1.29, 1.82) is 0 Å². The highest BCUT2D eigenvalue weighted by Crippen LogP contribution is 2.38. The molecule has 0 aliphatic rings. The summed E-state index contributed by atoms with van der Waals surface area (Å²) < 4.78 is 0. The second-order valence-electron chi connectivity index (χ2n) is 22.0. The average Bonchev–Trinajstić information content (AvgIpc) is 3.05. The minimum absolute atomic E-state index is 1.01. The van der Waals surface area contributed by atoms with Crippen molar-refractivity contribution in [2.75, 3.05) is 0 Å². The standard InChI is InChI=1S/C52H62Si6/c1-53(2,3)25-19-39-31-43-35-49-47(23-29-57(13,14)15)51-37-45-33-41(21-27-55(7,8)9)42(22-28-56(10,11)12)34-46(45)38-52(51)48(24-30-58(16,17)18)50(49)36-44(43)32-40(39)20-26-54(4,5)6/h31-38H,1-18H3. The fourth-order valence-corrected chi connectivity index (χ4v) is 9.06. The van der Waals surface area contributed by atoms with Crippen LogP contribution in [-0.4, -0.2) is 48.4 Å². The zero-order chi connectivity index (χ0) is 43.2. The van der Waals surface area contributed by atoms with Gasteiger partial charge in [-0.05, 0) is 91.6 Å². The van der Waals surface area contributed by atoms with E-state index in [1.807, 2.05) is 0 Å². The molecule has 5 aromatic rings. The van der Waals surface area contributed by atoms with Crippen LogP contribution >= 0.6 is 0 Å². The van der Waals surface area contributed by atoms with Gasteiger partial charge in [0.2, 0.25) is 0 Å². The van der Waals surface area contributed by atoms with Crippen LogP contribution in [0.1, 0.15) is 33.4 Å². The lowest BCUT2D eigenvalue weighted by atomic mass is 9.87. The van der Waals surface area contributed by atoms with Crippen molar-refractivity contribution >= 4 is 91.5 Å². The minimum atomic E-state index is -1.75. The van der Waals surface area contributed by atoms with E-state index in [1.54, 1.807) is 0 Å². The molecule has 0 saturated carbocycles. The smallest absolute Gasteiger partial charge is 0.127 e. The van der Waals surface area contributed by atoms with E-state index in [4.69, 9.17) is 0 Å². The summed E-state index contributed by atoms with van der Waals surface area (Å²) in [6, 6.07) is 18.5. The van der Waals surface area contributed by atoms with Gasteiger partial charge in [0.15, 0.2) is 0 Å². The van der Waals surface area contributed by atoms with E-state index in [0.717, 1.165) is 76.5 Å². The van der Waals surface area contributed by atoms with Crippen LogP contribution in [0.2, 0.25) is 118 Å². The van der Waals surface area contributed by atoms with Crippen LogP contribution < -0.4 is 0 Å². The van der Waals surface area contributed by atoms with Gasteiger partial charge in [-0.15, -0.1) is 33.3 Å². The molecule has 294 valence electrons. The molecule has 0 nitrogen and oxygen atoms in total. The van der Waals surface area contributed by atoms with Gasteiger partial charge in [-0.2, -0.15) is 0 Å². The van der Waals surface area contributed by atoms with E-state index in [0.29, 0.717) is 0 Å². The van der Waals surface area contributed by atoms with Crippen LogP contribution in [0, 0.1) is 68.8 Å². The Bertz CT molecular complexity index is 2540. The molecular weight excluding hydrogens is 793 g/mol. The number of hydrogen-bond donors (Lipinski definition) is 0. The Morgan fingerprint density at radius 2 is 0.414 bits per heavy atom. The Hall–Kier alpha value is -4.20. The van der Waals surface area contributed by atoms with E-state index in [-0.39, 0.29) is 0 Å². The molecule has 0 heterocycles. The summed E-state index contributed by atoms with van der Waals surface area (Å²) in [5.74, 6) is 22.0. The summed E-state index contributed by atoms with van der Waals surface area (Å²) in [5.41, 5.74) is 28.3. The van der Waals surface area contributed by atoms with Gasteiger partial charge in [0.1, 0.15) is 48.4 Å². The maximum Gasteiger partial charge on any atom is 0.129 e. The SMILES string of the molecule is C[Si](C)(C)C#Cc1cc2cc3c(C#C[Si](C)(C)C)c4cc5cc(C#C[Si](C)(C)C)c(C#C[Si](C)(C)C)cc5cc4c(C#C[Si](C)(C)C)c3cc2cc1C#C[Si](C)(C)C. The summed E-state index contributed by atoms with van der Waals surface area (Å²) in [7, 11) is -10.0. The molecule has 0 N–H and O–H groups in total. The summed E-state index contributed by atoms with van der Waals surface area (Å²) in [4.78, 5) is 0. The first-order valence-electron chi connectivity index (χ1n) is 20.6. The highest BCUT2D eigenvalue weighted by molar-refractivity contribution is 6.85. The number of benzene rings is 5. The van der Waals surface area contributed by atoms with Crippen molar-refractivity contribution in [2.45, 2.75) is 118 Å². The Morgan fingerprint density at radius 1 is 0.241 bits per heavy atom. The van der Waals surface area contributed by atoms with E-state index in [9.17, 15) is 0 Å². The molecular formula is C52H62Si6. The molecule has 58 heavy (non-hydrogen) atoms. The van der Waals surface area contributed by atoms with Crippen molar-refractivity contribution in [1.82, 2.24) is 0 Å². The van der Waals surface area contributed by atoms with Crippen molar-refractivity contribution in [2.24, 2.45) is 0 Å². The molecule has 5 aromatic carbocycles. The predicted molar refractivity (Wildman–Crippen MR) is 278 cm³/mol. The van der Waals surface area contributed by atoms with E-state index >= 15 is 0 Å². The number of hydrogen-bond acceptors (Lipinski definition) is 0. The number of rotatable bonds is 0. The minimum Gasteiger partial charge on any atom is -0.127 e. The first-order chi connectivity index (χ1) is 26.4. The van der Waals surface area contributed by atoms with Crippen molar-refractivity contribution in [3.05, 3.63) is 81.9 Å². The fraction of sp³-hybridized carbons (Fsp3) is 0.346. The van der Waals surface area contributed by atoms with Crippen molar-refractivity contribution in [3.8, 4) is 68.8 Å². The van der Waals surface area contributed by atoms with Crippen LogP contribution in [0.5, 0.6) is 0 Å². The van der Waals surface area contributed by atoms with E-state index < -0.39 is 48.4 Å². The van der Waals surface area contributed by atoms with Crippen molar-refractivity contribution in [3.63, 3.8) is 0 Å². The third kappa shape index (κ3) is 12.4. The molecule has 0 saturated heterocycles. The Morgan fingerprint density at radius 3 is 0.586 bits per heavy atom. The molecule has 0 bridgehead atoms. The first kappa shape index (κ1) is 44.9. The van der Waals surface area contributed by atoms with Gasteiger partial charge in [0.25, 0.3) is 0 Å². The third-order valence-electron chi connectivity index (χ3n) is 8.72. The molecule has 6 heteroatoms. The Kier molecular flexibility index (Phi) is 12.5. The van der Waals surface area contributed by atoms with E-state index in [1.165, 1.54) is 0 Å². The van der Waals surface area contributed by atoms with Gasteiger partial charge in [-0.25, -0.2) is 0 Å². The summed E-state index contributed by atoms with van der Waals surface area (Å²) in [6.07, 6.45) is 0. The zero-order valence-electron chi connectivity index (χ0n) is 38.6. The molecule has 0 unspecified atom stereocenters. The average molecular weight is 856 g/mol. The van der Waals surface area contributed by atoms with Crippen LogP contribution in [0.4, 0.5) is 0 Å². The fourth-order valence-electron chi connectivity index (χ4n) is 6.02. The molecule has 0 spiro atoms. The van der Waals surface area contributed by atoms with Gasteiger partial charge < -0.3 is 0 Å². The lowest BCUT2D eigenvalue weighted by Crippen LogP contribution is -2.17. The van der Waals surface area contributed by atoms with Crippen LogP contribution in [0.15, 0.2) is 48.5 Å². The lowest BCUT2D eigenvalue weighted by molar-refractivity contribution is 1.63. The molecule has 0 aliphatic carbocycles. The van der Waals surface area contributed by atoms with Crippen LogP contribution in [0.3, 0.4) is 0 Å². The van der Waals surface area contributed by atoms with Gasteiger partial charge in [0, 0.05) is 33.4 Å². The van der Waals surface area contributed by atoms with Crippen molar-refractivity contribution < 1.29 is 0 Å². The highest BCUT2D eigenvalue weighted by atomic mass is 28.3. The topological polar surface area (TPSA) is 0 Å². The Balaban J connectivity index is 2.05. The highest BCUT2D eigenvalue weighted by Gasteiger charge is 2.19. The van der Waals surface area contributed by atoms with Crippen LogP contribution in [0.25, 0.3) is 43.1 Å². The molecule has 0 radical (unpaired) electrons. The quantitative estimate of drug-likeness (QED) is 0.0827. The predicted octanol–water partition coefficient (Wildman–Crippen LogP) is 13.7. The summed E-state index contributed by atoms with van der Waals surface area (Å²) in [5, 5.41) is 9.19. The maximum atomic E-state index is 3.81. The van der Waals surface area contributed by atoms with Gasteiger partial charge >= 0.3 is 0 Å². The second-order valence-corrected chi connectivity index (χ2v) is 50.5. The van der Waals surface area contributed by atoms with E-state index in [2.05, 4.69) is 235 Å². The van der Waals surface area contributed by atoms with Gasteiger partial charge in [0.05, 0.1) is 0 Å². The zero-order valence-corrected chi connectivity index (χ0v) is 44.6.